The van der Waals surface area contributed by atoms with Crippen LogP contribution in [-0.4, -0.2) is 94.3 Å². The quantitative estimate of drug-likeness (QED) is 0.0461. The molecule has 1 aliphatic rings. The average molecular weight is 969 g/mol. The van der Waals surface area contributed by atoms with Crippen LogP contribution in [0.3, 0.4) is 0 Å². The van der Waals surface area contributed by atoms with Crippen LogP contribution < -0.4 is 25.8 Å². The number of benzene rings is 6. The van der Waals surface area contributed by atoms with Crippen LogP contribution >= 0.6 is 12.2 Å². The molecule has 0 unspecified atom stereocenters. The zero-order valence-corrected chi connectivity index (χ0v) is 40.5. The maximum Gasteiger partial charge on any atom is 0.261 e. The van der Waals surface area contributed by atoms with Crippen LogP contribution in [0.1, 0.15) is 40.0 Å². The normalized spacial score (nSPS) is 11.6. The van der Waals surface area contributed by atoms with E-state index in [1.165, 1.54) is 10.4 Å². The van der Waals surface area contributed by atoms with Gasteiger partial charge in [-0.15, -0.1) is 0 Å². The molecule has 0 atom stereocenters. The lowest BCUT2D eigenvalue weighted by Crippen LogP contribution is -2.31. The summed E-state index contributed by atoms with van der Waals surface area (Å²) in [4.78, 5) is 46.0. The maximum absolute atomic E-state index is 12.3. The molecule has 0 fully saturated rings. The van der Waals surface area contributed by atoms with E-state index < -0.39 is 0 Å². The van der Waals surface area contributed by atoms with Crippen molar-refractivity contribution in [2.24, 2.45) is 5.73 Å². The Hall–Kier alpha value is -8.41. The first-order valence-electron chi connectivity index (χ1n) is 23.3. The van der Waals surface area contributed by atoms with Gasteiger partial charge in [0.15, 0.2) is 16.6 Å². The van der Waals surface area contributed by atoms with Gasteiger partial charge in [0.1, 0.15) is 0 Å². The van der Waals surface area contributed by atoms with Crippen LogP contribution in [0.2, 0.25) is 0 Å². The van der Waals surface area contributed by atoms with Crippen LogP contribution in [0.15, 0.2) is 165 Å². The Bertz CT molecular complexity index is 3290. The molecule has 71 heavy (non-hydrogen) atoms. The van der Waals surface area contributed by atoms with Gasteiger partial charge >= 0.3 is 0 Å². The number of amides is 2. The Morgan fingerprint density at radius 2 is 1.07 bits per heavy atom. The molecule has 362 valence electrons. The number of ether oxygens (including phenoxy) is 2. The minimum Gasteiger partial charge on any atom is -0.493 e. The number of H-pyrrole nitrogens is 1. The van der Waals surface area contributed by atoms with Gasteiger partial charge in [-0.25, -0.2) is 19.9 Å². The zero-order chi connectivity index (χ0) is 49.4. The van der Waals surface area contributed by atoms with Gasteiger partial charge < -0.3 is 44.5 Å². The Kier molecular flexibility index (Phi) is 16.7. The molecule has 0 saturated carbocycles. The third-order valence-electron chi connectivity index (χ3n) is 11.7. The number of fused-ring (bicyclic) bond motifs is 5. The number of para-hydroxylation sites is 8. The fourth-order valence-electron chi connectivity index (χ4n) is 8.09. The van der Waals surface area contributed by atoms with Crippen LogP contribution in [0.5, 0.6) is 11.5 Å². The van der Waals surface area contributed by atoms with E-state index in [0.717, 1.165) is 83.3 Å². The number of methoxy groups -OCH3 is 2. The van der Waals surface area contributed by atoms with Crippen molar-refractivity contribution in [2.75, 3.05) is 39.2 Å². The number of anilines is 1. The molecule has 16 nitrogen and oxygen atoms in total. The summed E-state index contributed by atoms with van der Waals surface area (Å²) >= 11 is 5.35. The number of thiocarbonyl (C=S) groups is 1. The molecule has 0 aliphatic carbocycles. The lowest BCUT2D eigenvalue weighted by Gasteiger charge is -2.14. The van der Waals surface area contributed by atoms with Gasteiger partial charge in [0.05, 0.1) is 94.8 Å². The van der Waals surface area contributed by atoms with Gasteiger partial charge in [-0.1, -0.05) is 60.7 Å². The second-order valence-electron chi connectivity index (χ2n) is 16.3. The minimum atomic E-state index is -0.193. The topological polar surface area (TPSA) is 188 Å². The molecule has 5 N–H and O–H groups in total. The molecular formula is C54H56N12O4S. The highest BCUT2D eigenvalue weighted by Crippen LogP contribution is 2.30. The highest BCUT2D eigenvalue weighted by Gasteiger charge is 2.34. The summed E-state index contributed by atoms with van der Waals surface area (Å²) in [6.07, 6.45) is 9.89. The van der Waals surface area contributed by atoms with Gasteiger partial charge in [0.2, 0.25) is 0 Å². The van der Waals surface area contributed by atoms with E-state index in [9.17, 15) is 9.59 Å². The third-order valence-corrected chi connectivity index (χ3v) is 11.9. The average Bonchev–Trinajstić information content (AvgIpc) is 4.27. The molecule has 0 spiro atoms. The maximum atomic E-state index is 12.3. The lowest BCUT2D eigenvalue weighted by molar-refractivity contribution is 0.0651. The molecule has 6 aromatic carbocycles. The number of aromatic nitrogens is 8. The number of imidazole rings is 4. The smallest absolute Gasteiger partial charge is 0.261 e. The Morgan fingerprint density at radius 1 is 0.577 bits per heavy atom. The fourth-order valence-corrected chi connectivity index (χ4v) is 8.31. The number of nitrogens with one attached hydrogen (secondary N) is 3. The standard InChI is InChI=1S/C19H22N4O2S.C18H15N3O2.C10H13N3.C7H6N2/c1-24-17-9-8-14(12-18(17)25-2)22-19(26)20-10-5-11-23-13-21-15-6-3-4-7-16(15)23;22-17-13-6-1-2-7-14(13)18(23)21(17)11-5-10-20-12-19-15-8-3-4-9-16(15)20;11-6-3-7-13-8-12-9-4-1-2-5-10(9)13;1-2-4-7-6(3-1)8-5-9-7/h3-4,6-9,12-13H,5,10-11H2,1-2H3,(H2,20,22,26);1-4,6-9,12H,5,10-11H2;1-2,4-5,8H,3,6-7,11H2;1-5H,(H,8,9). The number of imide groups is 1. The van der Waals surface area contributed by atoms with E-state index in [2.05, 4.69) is 56.8 Å². The number of nitrogens with zero attached hydrogens (tertiary/aromatic N) is 8. The second kappa shape index (κ2) is 24.2. The molecule has 10 aromatic rings. The summed E-state index contributed by atoms with van der Waals surface area (Å²) in [7, 11) is 3.22. The Morgan fingerprint density at radius 3 is 1.61 bits per heavy atom. The van der Waals surface area contributed by atoms with E-state index in [1.807, 2.05) is 120 Å². The number of carbonyl (C=O) groups excluding carboxylic acids is 2. The summed E-state index contributed by atoms with van der Waals surface area (Å²) in [5.74, 6) is 0.957. The molecule has 17 heteroatoms. The minimum absolute atomic E-state index is 0.193. The van der Waals surface area contributed by atoms with E-state index in [1.54, 1.807) is 51.1 Å². The van der Waals surface area contributed by atoms with Crippen molar-refractivity contribution in [3.05, 3.63) is 176 Å². The van der Waals surface area contributed by atoms with Crippen molar-refractivity contribution in [1.82, 2.24) is 48.8 Å². The second-order valence-corrected chi connectivity index (χ2v) is 16.7. The number of carbonyl (C=O) groups is 2. The molecular weight excluding hydrogens is 913 g/mol. The van der Waals surface area contributed by atoms with Crippen molar-refractivity contribution in [3.63, 3.8) is 0 Å². The van der Waals surface area contributed by atoms with Crippen molar-refractivity contribution in [3.8, 4) is 11.5 Å². The number of hydrogen-bond acceptors (Lipinski definition) is 10. The molecule has 0 bridgehead atoms. The van der Waals surface area contributed by atoms with Crippen LogP contribution in [0.25, 0.3) is 44.1 Å². The first-order chi connectivity index (χ1) is 34.8. The largest absolute Gasteiger partial charge is 0.493 e. The van der Waals surface area contributed by atoms with Gasteiger partial charge in [-0.3, -0.25) is 14.5 Å². The lowest BCUT2D eigenvalue weighted by atomic mass is 10.1. The summed E-state index contributed by atoms with van der Waals surface area (Å²) in [5, 5.41) is 6.96. The first kappa shape index (κ1) is 49.0. The fraction of sp³-hybridized carbons (Fsp3) is 0.204. The summed E-state index contributed by atoms with van der Waals surface area (Å²) in [5.41, 5.74) is 15.9. The van der Waals surface area contributed by atoms with Crippen molar-refractivity contribution in [2.45, 2.75) is 38.9 Å². The monoisotopic (exact) mass is 968 g/mol. The van der Waals surface area contributed by atoms with Crippen molar-refractivity contribution >= 4 is 79.0 Å². The number of aromatic amines is 1. The Labute approximate surface area is 416 Å². The molecule has 0 radical (unpaired) electrons. The van der Waals surface area contributed by atoms with Crippen LogP contribution in [0, 0.1) is 0 Å². The van der Waals surface area contributed by atoms with Gasteiger partial charge in [-0.2, -0.15) is 0 Å². The van der Waals surface area contributed by atoms with E-state index in [-0.39, 0.29) is 11.8 Å². The van der Waals surface area contributed by atoms with Crippen LogP contribution in [0.4, 0.5) is 5.69 Å². The number of nitrogens with two attached hydrogens (primary N) is 1. The van der Waals surface area contributed by atoms with Gasteiger partial charge in [-0.05, 0) is 111 Å². The summed E-state index contributed by atoms with van der Waals surface area (Å²) in [6, 6.07) is 44.7. The summed E-state index contributed by atoms with van der Waals surface area (Å²) < 4.78 is 16.9. The highest BCUT2D eigenvalue weighted by atomic mass is 32.1. The predicted molar refractivity (Wildman–Crippen MR) is 284 cm³/mol. The Balaban J connectivity index is 0.000000136. The molecule has 1 aliphatic heterocycles. The third kappa shape index (κ3) is 12.3. The molecule has 4 aromatic heterocycles. The number of rotatable bonds is 14. The predicted octanol–water partition coefficient (Wildman–Crippen LogP) is 9.10. The molecule has 5 heterocycles. The van der Waals surface area contributed by atoms with Crippen molar-refractivity contribution in [1.29, 1.82) is 0 Å². The molecule has 0 saturated heterocycles. The van der Waals surface area contributed by atoms with Crippen LogP contribution in [-0.2, 0) is 19.6 Å². The van der Waals surface area contributed by atoms with E-state index in [0.29, 0.717) is 47.2 Å². The number of hydrogen-bond donors (Lipinski definition) is 4. The van der Waals surface area contributed by atoms with Crippen molar-refractivity contribution < 1.29 is 19.1 Å². The number of aryl methyl sites for hydroxylation is 3. The van der Waals surface area contributed by atoms with E-state index in [4.69, 9.17) is 27.4 Å². The van der Waals surface area contributed by atoms with Gasteiger partial charge in [0, 0.05) is 44.5 Å². The first-order valence-corrected chi connectivity index (χ1v) is 23.8. The highest BCUT2D eigenvalue weighted by molar-refractivity contribution is 7.80. The molecule has 11 rings (SSSR count). The van der Waals surface area contributed by atoms with E-state index >= 15 is 0 Å². The summed E-state index contributed by atoms with van der Waals surface area (Å²) in [6.45, 7) is 4.47. The zero-order valence-electron chi connectivity index (χ0n) is 39.6. The SMILES string of the molecule is COc1ccc(NC(=S)NCCCn2cnc3ccccc32)cc1OC.NCCCn1cnc2ccccc21.O=C1c2ccccc2C(=O)N1CCCn1cnc2ccccc21.c1ccc2[nH]cnc2c1. The van der Waals surface area contributed by atoms with Gasteiger partial charge in [0.25, 0.3) is 11.8 Å². The molecule has 2 amide bonds.